The Morgan fingerprint density at radius 2 is 1.81 bits per heavy atom. The SMILES string of the molecule is Cc1ccc(C(=O)C=Cc2cn(CC(O)CNCCc3c[nH]c4ccc(C)cc34)c3ccccc23)cc1. The molecular formula is C32H33N3O2. The monoisotopic (exact) mass is 491 g/mol. The van der Waals surface area contributed by atoms with E-state index in [1.54, 1.807) is 6.08 Å². The van der Waals surface area contributed by atoms with Crippen molar-refractivity contribution in [3.63, 3.8) is 0 Å². The van der Waals surface area contributed by atoms with Crippen molar-refractivity contribution in [2.45, 2.75) is 32.9 Å². The number of H-pyrrole nitrogens is 1. The van der Waals surface area contributed by atoms with Crippen LogP contribution in [0.25, 0.3) is 27.9 Å². The smallest absolute Gasteiger partial charge is 0.185 e. The van der Waals surface area contributed by atoms with Gasteiger partial charge in [0.1, 0.15) is 0 Å². The van der Waals surface area contributed by atoms with Gasteiger partial charge in [0.2, 0.25) is 0 Å². The number of nitrogens with zero attached hydrogens (tertiary/aromatic N) is 1. The van der Waals surface area contributed by atoms with Gasteiger partial charge in [-0.1, -0.05) is 59.7 Å². The van der Waals surface area contributed by atoms with Crippen LogP contribution in [0.4, 0.5) is 0 Å². The van der Waals surface area contributed by atoms with Crippen LogP contribution >= 0.6 is 0 Å². The van der Waals surface area contributed by atoms with E-state index in [-0.39, 0.29) is 5.78 Å². The first-order valence-corrected chi connectivity index (χ1v) is 12.8. The summed E-state index contributed by atoms with van der Waals surface area (Å²) in [5, 5.41) is 16.5. The van der Waals surface area contributed by atoms with Crippen LogP contribution in [0.3, 0.4) is 0 Å². The summed E-state index contributed by atoms with van der Waals surface area (Å²) in [4.78, 5) is 16.0. The van der Waals surface area contributed by atoms with E-state index in [9.17, 15) is 9.90 Å². The Hall–Kier alpha value is -3.93. The fourth-order valence-electron chi connectivity index (χ4n) is 4.82. The fraction of sp³-hybridized carbons (Fsp3) is 0.219. The van der Waals surface area contributed by atoms with Gasteiger partial charge in [-0.15, -0.1) is 0 Å². The van der Waals surface area contributed by atoms with E-state index in [2.05, 4.69) is 52.3 Å². The van der Waals surface area contributed by atoms with Crippen LogP contribution in [-0.2, 0) is 13.0 Å². The lowest BCUT2D eigenvalue weighted by atomic mass is 10.1. The topological polar surface area (TPSA) is 70.1 Å². The molecule has 0 spiro atoms. The predicted molar refractivity (Wildman–Crippen MR) is 152 cm³/mol. The van der Waals surface area contributed by atoms with Crippen LogP contribution in [0.1, 0.15) is 32.6 Å². The molecule has 0 bridgehead atoms. The number of benzene rings is 3. The van der Waals surface area contributed by atoms with Crippen molar-refractivity contribution in [3.8, 4) is 0 Å². The maximum atomic E-state index is 12.6. The first kappa shape index (κ1) is 24.8. The molecule has 0 aliphatic heterocycles. The van der Waals surface area contributed by atoms with E-state index < -0.39 is 6.10 Å². The molecule has 3 aromatic carbocycles. The number of aryl methyl sites for hydroxylation is 2. The van der Waals surface area contributed by atoms with Gasteiger partial charge in [-0.25, -0.2) is 0 Å². The van der Waals surface area contributed by atoms with Gasteiger partial charge in [-0.3, -0.25) is 4.79 Å². The van der Waals surface area contributed by atoms with Crippen molar-refractivity contribution >= 4 is 33.7 Å². The molecule has 5 aromatic rings. The van der Waals surface area contributed by atoms with Gasteiger partial charge < -0.3 is 20.0 Å². The molecule has 37 heavy (non-hydrogen) atoms. The quantitative estimate of drug-likeness (QED) is 0.131. The largest absolute Gasteiger partial charge is 0.390 e. The van der Waals surface area contributed by atoms with Gasteiger partial charge in [0.25, 0.3) is 0 Å². The summed E-state index contributed by atoms with van der Waals surface area (Å²) in [6.07, 6.45) is 7.95. The summed E-state index contributed by atoms with van der Waals surface area (Å²) in [5.74, 6) is -0.0218. The minimum atomic E-state index is -0.535. The molecule has 0 saturated carbocycles. The second-order valence-electron chi connectivity index (χ2n) is 9.79. The Labute approximate surface area is 217 Å². The number of allylic oxidation sites excluding steroid dienone is 1. The number of hydrogen-bond donors (Lipinski definition) is 3. The number of aliphatic hydroxyl groups is 1. The van der Waals surface area contributed by atoms with Crippen LogP contribution in [-0.4, -0.2) is 39.6 Å². The third kappa shape index (κ3) is 5.74. The maximum absolute atomic E-state index is 12.6. The van der Waals surface area contributed by atoms with Crippen LogP contribution in [0.2, 0.25) is 0 Å². The standard InChI is InChI=1S/C32H33N3O2/c1-22-7-10-24(11-8-22)32(37)14-12-26-20-35(31-6-4-3-5-28(26)31)21-27(36)19-33-16-15-25-18-34-30-13-9-23(2)17-29(25)30/h3-14,17-18,20,27,33-34,36H,15-16,19,21H2,1-2H3. The van der Waals surface area contributed by atoms with Gasteiger partial charge >= 0.3 is 0 Å². The Bertz CT molecular complexity index is 1560. The van der Waals surface area contributed by atoms with Crippen molar-refractivity contribution in [1.82, 2.24) is 14.9 Å². The lowest BCUT2D eigenvalue weighted by Gasteiger charge is -2.14. The number of carbonyl (C=O) groups excluding carboxylic acids is 1. The molecule has 2 aromatic heterocycles. The van der Waals surface area contributed by atoms with E-state index >= 15 is 0 Å². The second-order valence-corrected chi connectivity index (χ2v) is 9.79. The molecule has 0 saturated heterocycles. The van der Waals surface area contributed by atoms with Gasteiger partial charge in [0.15, 0.2) is 5.78 Å². The molecule has 0 radical (unpaired) electrons. The third-order valence-corrected chi connectivity index (χ3v) is 6.85. The second kappa shape index (κ2) is 11.0. The third-order valence-electron chi connectivity index (χ3n) is 6.85. The van der Waals surface area contributed by atoms with Crippen molar-refractivity contribution in [1.29, 1.82) is 0 Å². The average Bonchev–Trinajstić information content (AvgIpc) is 3.46. The summed E-state index contributed by atoms with van der Waals surface area (Å²) < 4.78 is 2.07. The number of aromatic amines is 1. The van der Waals surface area contributed by atoms with Crippen LogP contribution in [0.5, 0.6) is 0 Å². The normalized spacial score (nSPS) is 12.6. The van der Waals surface area contributed by atoms with E-state index in [4.69, 9.17) is 0 Å². The zero-order valence-corrected chi connectivity index (χ0v) is 21.4. The van der Waals surface area contributed by atoms with Gasteiger partial charge in [-0.2, -0.15) is 0 Å². The van der Waals surface area contributed by atoms with Crippen LogP contribution in [0, 0.1) is 13.8 Å². The average molecular weight is 492 g/mol. The molecule has 1 unspecified atom stereocenters. The molecule has 3 N–H and O–H groups in total. The van der Waals surface area contributed by atoms with Crippen molar-refractivity contribution in [2.75, 3.05) is 13.1 Å². The van der Waals surface area contributed by atoms with Crippen molar-refractivity contribution in [3.05, 3.63) is 113 Å². The van der Waals surface area contributed by atoms with Gasteiger partial charge in [0.05, 0.1) is 6.10 Å². The number of aliphatic hydroxyl groups excluding tert-OH is 1. The molecule has 0 aliphatic rings. The zero-order valence-electron chi connectivity index (χ0n) is 21.4. The molecule has 5 heteroatoms. The van der Waals surface area contributed by atoms with Gasteiger partial charge in [0, 0.05) is 58.4 Å². The van der Waals surface area contributed by atoms with Crippen molar-refractivity contribution in [2.24, 2.45) is 0 Å². The Morgan fingerprint density at radius 3 is 2.65 bits per heavy atom. The lowest BCUT2D eigenvalue weighted by molar-refractivity contribution is 0.104. The number of para-hydroxylation sites is 1. The molecule has 0 aliphatic carbocycles. The number of hydrogen-bond acceptors (Lipinski definition) is 3. The fourth-order valence-corrected chi connectivity index (χ4v) is 4.82. The molecule has 2 heterocycles. The summed E-state index contributed by atoms with van der Waals surface area (Å²) >= 11 is 0. The van der Waals surface area contributed by atoms with Crippen LogP contribution < -0.4 is 5.32 Å². The van der Waals surface area contributed by atoms with E-state index in [1.165, 1.54) is 16.5 Å². The summed E-state index contributed by atoms with van der Waals surface area (Å²) in [7, 11) is 0. The highest BCUT2D eigenvalue weighted by atomic mass is 16.3. The number of carbonyl (C=O) groups is 1. The molecule has 5 rings (SSSR count). The zero-order chi connectivity index (χ0) is 25.8. The summed E-state index contributed by atoms with van der Waals surface area (Å²) in [6.45, 7) is 5.89. The molecule has 0 amide bonds. The lowest BCUT2D eigenvalue weighted by Crippen LogP contribution is -2.31. The summed E-state index contributed by atoms with van der Waals surface area (Å²) in [5.41, 5.74) is 7.51. The summed E-state index contributed by atoms with van der Waals surface area (Å²) in [6, 6.07) is 22.2. The highest BCUT2D eigenvalue weighted by Gasteiger charge is 2.11. The van der Waals surface area contributed by atoms with E-state index in [0.29, 0.717) is 18.7 Å². The molecule has 188 valence electrons. The van der Waals surface area contributed by atoms with Crippen LogP contribution in [0.15, 0.2) is 85.2 Å². The highest BCUT2D eigenvalue weighted by Crippen LogP contribution is 2.23. The molecule has 1 atom stereocenters. The predicted octanol–water partition coefficient (Wildman–Crippen LogP) is 5.83. The molecule has 0 fully saturated rings. The van der Waals surface area contributed by atoms with E-state index in [1.807, 2.05) is 61.7 Å². The number of aromatic nitrogens is 2. The Balaban J connectivity index is 1.21. The number of fused-ring (bicyclic) bond motifs is 2. The Kier molecular flexibility index (Phi) is 7.35. The minimum Gasteiger partial charge on any atom is -0.390 e. The number of nitrogens with one attached hydrogen (secondary N) is 2. The molecule has 5 nitrogen and oxygen atoms in total. The maximum Gasteiger partial charge on any atom is 0.185 e. The number of rotatable bonds is 10. The molecular weight excluding hydrogens is 458 g/mol. The Morgan fingerprint density at radius 1 is 1.03 bits per heavy atom. The van der Waals surface area contributed by atoms with Crippen molar-refractivity contribution < 1.29 is 9.90 Å². The highest BCUT2D eigenvalue weighted by molar-refractivity contribution is 6.07. The first-order valence-electron chi connectivity index (χ1n) is 12.8. The first-order chi connectivity index (χ1) is 18.0. The minimum absolute atomic E-state index is 0.0218. The van der Waals surface area contributed by atoms with E-state index in [0.717, 1.165) is 40.5 Å². The van der Waals surface area contributed by atoms with Gasteiger partial charge in [-0.05, 0) is 62.7 Å². The number of ketones is 1.